The Balaban J connectivity index is 0.00000306. The van der Waals surface area contributed by atoms with Crippen molar-refractivity contribution in [1.29, 1.82) is 0 Å². The van der Waals surface area contributed by atoms with Crippen LogP contribution in [0.2, 0.25) is 5.02 Å². The molecule has 2 aromatic carbocycles. The summed E-state index contributed by atoms with van der Waals surface area (Å²) in [4.78, 5) is 8.74. The van der Waals surface area contributed by atoms with E-state index in [0.29, 0.717) is 42.2 Å². The highest BCUT2D eigenvalue weighted by molar-refractivity contribution is 14.0. The molecule has 0 aliphatic carbocycles. The minimum Gasteiger partial charge on any atom is -0.356 e. The Kier molecular flexibility index (Phi) is 9.25. The molecular weight excluding hydrogens is 553 g/mol. The molecule has 0 aliphatic heterocycles. The van der Waals surface area contributed by atoms with Gasteiger partial charge in [0.25, 0.3) is 0 Å². The number of rotatable bonds is 8. The first-order valence-corrected chi connectivity index (χ1v) is 10.7. The summed E-state index contributed by atoms with van der Waals surface area (Å²) in [5, 5.41) is 15.6. The smallest absolute Gasteiger partial charge is 0.228 e. The van der Waals surface area contributed by atoms with Crippen LogP contribution >= 0.6 is 35.6 Å². The van der Waals surface area contributed by atoms with Gasteiger partial charge in [-0.3, -0.25) is 9.67 Å². The van der Waals surface area contributed by atoms with E-state index in [1.54, 1.807) is 25.4 Å². The van der Waals surface area contributed by atoms with E-state index in [4.69, 9.17) is 16.1 Å². The summed E-state index contributed by atoms with van der Waals surface area (Å²) in [6.45, 7) is 1.99. The molecule has 0 spiro atoms. The van der Waals surface area contributed by atoms with E-state index in [2.05, 4.69) is 43.0 Å². The summed E-state index contributed by atoms with van der Waals surface area (Å²) < 4.78 is 7.27. The van der Waals surface area contributed by atoms with Gasteiger partial charge in [-0.1, -0.05) is 41.0 Å². The monoisotopic (exact) mass is 577 g/mol. The molecule has 0 bridgehead atoms. The second-order valence-corrected chi connectivity index (χ2v) is 7.53. The summed E-state index contributed by atoms with van der Waals surface area (Å²) in [5.41, 5.74) is 3.26. The van der Waals surface area contributed by atoms with E-state index in [9.17, 15) is 0 Å². The molecule has 0 amide bonds. The van der Waals surface area contributed by atoms with Crippen LogP contribution in [0.3, 0.4) is 0 Å². The molecule has 0 fully saturated rings. The fourth-order valence-electron chi connectivity index (χ4n) is 3.21. The highest BCUT2D eigenvalue weighted by atomic mass is 127. The molecule has 0 saturated heterocycles. The molecule has 0 aliphatic rings. The van der Waals surface area contributed by atoms with Gasteiger partial charge in [-0.2, -0.15) is 10.1 Å². The van der Waals surface area contributed by atoms with E-state index in [-0.39, 0.29) is 24.0 Å². The van der Waals surface area contributed by atoms with Crippen molar-refractivity contribution in [3.8, 4) is 11.4 Å². The average Bonchev–Trinajstić information content (AvgIpc) is 3.50. The average molecular weight is 578 g/mol. The summed E-state index contributed by atoms with van der Waals surface area (Å²) in [5.74, 6) is 1.81. The van der Waals surface area contributed by atoms with Gasteiger partial charge in [-0.05, 0) is 41.5 Å². The van der Waals surface area contributed by atoms with Gasteiger partial charge in [0.2, 0.25) is 11.7 Å². The van der Waals surface area contributed by atoms with Crippen LogP contribution in [-0.2, 0) is 19.5 Å². The minimum absolute atomic E-state index is 0. The summed E-state index contributed by atoms with van der Waals surface area (Å²) >= 11 is 5.93. The fraction of sp³-hybridized carbons (Fsp3) is 0.217. The van der Waals surface area contributed by atoms with Crippen molar-refractivity contribution in [2.45, 2.75) is 19.5 Å². The molecule has 0 unspecified atom stereocenters. The lowest BCUT2D eigenvalue weighted by Gasteiger charge is -2.14. The molecule has 2 aromatic heterocycles. The molecule has 4 aromatic rings. The zero-order valence-corrected chi connectivity index (χ0v) is 21.2. The largest absolute Gasteiger partial charge is 0.356 e. The van der Waals surface area contributed by atoms with Gasteiger partial charge in [0.1, 0.15) is 0 Å². The Labute approximate surface area is 214 Å². The van der Waals surface area contributed by atoms with Crippen LogP contribution in [0.5, 0.6) is 0 Å². The second-order valence-electron chi connectivity index (χ2n) is 7.09. The number of aromatic nitrogens is 4. The molecule has 2 N–H and O–H groups in total. The third-order valence-corrected chi connectivity index (χ3v) is 5.13. The fourth-order valence-corrected chi connectivity index (χ4v) is 3.34. The maximum atomic E-state index is 5.93. The number of guanidine groups is 1. The Morgan fingerprint density at radius 2 is 1.85 bits per heavy atom. The van der Waals surface area contributed by atoms with Crippen LogP contribution < -0.4 is 10.6 Å². The highest BCUT2D eigenvalue weighted by Gasteiger charge is 2.09. The quantitative estimate of drug-likeness (QED) is 0.186. The molecule has 33 heavy (non-hydrogen) atoms. The minimum atomic E-state index is 0. The normalized spacial score (nSPS) is 11.2. The van der Waals surface area contributed by atoms with Gasteiger partial charge in [0, 0.05) is 49.5 Å². The lowest BCUT2D eigenvalue weighted by Crippen LogP contribution is -2.38. The molecule has 10 heteroatoms. The van der Waals surface area contributed by atoms with Crippen molar-refractivity contribution in [2.24, 2.45) is 4.99 Å². The van der Waals surface area contributed by atoms with Gasteiger partial charge in [-0.25, -0.2) is 0 Å². The third-order valence-electron chi connectivity index (χ3n) is 4.88. The number of nitrogens with one attached hydrogen (secondary N) is 2. The summed E-state index contributed by atoms with van der Waals surface area (Å²) in [7, 11) is 1.75. The van der Waals surface area contributed by atoms with E-state index in [0.717, 1.165) is 12.1 Å². The number of aliphatic imine (C=N–C) groups is 1. The van der Waals surface area contributed by atoms with Gasteiger partial charge in [0.05, 0.1) is 6.54 Å². The molecular formula is C23H25ClIN7O. The zero-order chi connectivity index (χ0) is 22.2. The van der Waals surface area contributed by atoms with Crippen LogP contribution in [0.1, 0.15) is 17.0 Å². The second kappa shape index (κ2) is 12.4. The van der Waals surface area contributed by atoms with Crippen LogP contribution in [0.4, 0.5) is 0 Å². The molecule has 8 nitrogen and oxygen atoms in total. The van der Waals surface area contributed by atoms with Gasteiger partial charge in [-0.15, -0.1) is 24.0 Å². The van der Waals surface area contributed by atoms with Crippen LogP contribution in [0.15, 0.2) is 76.5 Å². The maximum absolute atomic E-state index is 5.93. The molecule has 0 radical (unpaired) electrons. The number of benzene rings is 2. The van der Waals surface area contributed by atoms with E-state index in [1.807, 2.05) is 41.2 Å². The van der Waals surface area contributed by atoms with Crippen LogP contribution in [0, 0.1) is 0 Å². The Bertz CT molecular complexity index is 1160. The van der Waals surface area contributed by atoms with Gasteiger partial charge in [0.15, 0.2) is 5.96 Å². The van der Waals surface area contributed by atoms with Gasteiger partial charge >= 0.3 is 0 Å². The molecule has 2 heterocycles. The van der Waals surface area contributed by atoms with Crippen molar-refractivity contribution in [2.75, 3.05) is 13.6 Å². The summed E-state index contributed by atoms with van der Waals surface area (Å²) in [6.07, 6.45) is 4.33. The Morgan fingerprint density at radius 3 is 2.58 bits per heavy atom. The van der Waals surface area contributed by atoms with Gasteiger partial charge < -0.3 is 15.2 Å². The van der Waals surface area contributed by atoms with Crippen molar-refractivity contribution < 1.29 is 4.52 Å². The maximum Gasteiger partial charge on any atom is 0.228 e. The first-order valence-electron chi connectivity index (χ1n) is 10.3. The van der Waals surface area contributed by atoms with Crippen molar-refractivity contribution in [1.82, 2.24) is 30.6 Å². The number of hydrogen-bond acceptors (Lipinski definition) is 5. The molecule has 0 atom stereocenters. The first kappa shape index (κ1) is 24.7. The topological polar surface area (TPSA) is 93.2 Å². The zero-order valence-electron chi connectivity index (χ0n) is 18.1. The number of hydrogen-bond donors (Lipinski definition) is 2. The first-order chi connectivity index (χ1) is 15.7. The van der Waals surface area contributed by atoms with E-state index < -0.39 is 0 Å². The summed E-state index contributed by atoms with van der Waals surface area (Å²) in [6, 6.07) is 17.6. The Hall–Kier alpha value is -2.92. The van der Waals surface area contributed by atoms with Crippen LogP contribution in [-0.4, -0.2) is 39.5 Å². The van der Waals surface area contributed by atoms with E-state index in [1.165, 1.54) is 11.1 Å². The van der Waals surface area contributed by atoms with Crippen molar-refractivity contribution in [3.63, 3.8) is 0 Å². The van der Waals surface area contributed by atoms with E-state index >= 15 is 0 Å². The van der Waals surface area contributed by atoms with Crippen molar-refractivity contribution in [3.05, 3.63) is 89.0 Å². The predicted molar refractivity (Wildman–Crippen MR) is 140 cm³/mol. The highest BCUT2D eigenvalue weighted by Crippen LogP contribution is 2.18. The third kappa shape index (κ3) is 7.03. The molecule has 172 valence electrons. The SMILES string of the molecule is CN=C(NCCc1nc(-c2ccc(Cl)cc2)no1)NCc1ccccc1Cn1cccn1.I. The standard InChI is InChI=1S/C23H24ClN7O.HI/c1-25-23(27-15-18-5-2-3-6-19(18)16-31-14-4-12-28-31)26-13-11-21-29-22(30-32-21)17-7-9-20(24)10-8-17;/h2-10,12,14H,11,13,15-16H2,1H3,(H2,25,26,27);1H. The van der Waals surface area contributed by atoms with Crippen LogP contribution in [0.25, 0.3) is 11.4 Å². The predicted octanol–water partition coefficient (Wildman–Crippen LogP) is 4.16. The lowest BCUT2D eigenvalue weighted by atomic mass is 10.1. The lowest BCUT2D eigenvalue weighted by molar-refractivity contribution is 0.378. The molecule has 4 rings (SSSR count). The number of halogens is 2. The Morgan fingerprint density at radius 1 is 1.06 bits per heavy atom. The number of nitrogens with zero attached hydrogens (tertiary/aromatic N) is 5. The van der Waals surface area contributed by atoms with Crippen molar-refractivity contribution >= 4 is 41.5 Å². The molecule has 0 saturated carbocycles.